The van der Waals surface area contributed by atoms with Crippen LogP contribution in [-0.2, 0) is 6.18 Å². The van der Waals surface area contributed by atoms with E-state index in [0.29, 0.717) is 17.4 Å². The summed E-state index contributed by atoms with van der Waals surface area (Å²) >= 11 is 0. The molecule has 1 aromatic carbocycles. The van der Waals surface area contributed by atoms with Gasteiger partial charge < -0.3 is 10.4 Å². The van der Waals surface area contributed by atoms with E-state index in [2.05, 4.69) is 15.3 Å². The van der Waals surface area contributed by atoms with Gasteiger partial charge in [0.2, 0.25) is 5.95 Å². The maximum absolute atomic E-state index is 12.8. The number of rotatable bonds is 3. The zero-order valence-corrected chi connectivity index (χ0v) is 10.7. The Morgan fingerprint density at radius 1 is 1.36 bits per heavy atom. The van der Waals surface area contributed by atoms with Gasteiger partial charge in [-0.1, -0.05) is 6.07 Å². The molecule has 0 atom stereocenters. The van der Waals surface area contributed by atoms with Crippen molar-refractivity contribution in [2.75, 3.05) is 5.32 Å². The molecule has 1 aromatic heterocycles. The van der Waals surface area contributed by atoms with Gasteiger partial charge in [-0.15, -0.1) is 0 Å². The molecule has 0 amide bonds. The van der Waals surface area contributed by atoms with Crippen LogP contribution in [0.5, 0.6) is 0 Å². The minimum Gasteiger partial charge on any atom is -0.478 e. The Bertz CT molecular complexity index is 769. The van der Waals surface area contributed by atoms with Crippen molar-refractivity contribution in [2.45, 2.75) is 6.18 Å². The van der Waals surface area contributed by atoms with Crippen LogP contribution in [0.3, 0.4) is 0 Å². The smallest absolute Gasteiger partial charge is 0.434 e. The quantitative estimate of drug-likeness (QED) is 0.904. The fourth-order valence-electron chi connectivity index (χ4n) is 1.61. The first-order valence-corrected chi connectivity index (χ1v) is 5.76. The van der Waals surface area contributed by atoms with Crippen LogP contribution in [-0.4, -0.2) is 21.0 Å². The summed E-state index contributed by atoms with van der Waals surface area (Å²) in [5, 5.41) is 20.0. The minimum atomic E-state index is -4.93. The molecule has 9 heteroatoms. The Hall–Kier alpha value is -3.15. The molecule has 2 rings (SSSR count). The summed E-state index contributed by atoms with van der Waals surface area (Å²) in [5.41, 5.74) is -1.99. The van der Waals surface area contributed by atoms with Gasteiger partial charge in [0.05, 0.1) is 11.6 Å². The Labute approximate surface area is 121 Å². The Kier molecular flexibility index (Phi) is 3.94. The van der Waals surface area contributed by atoms with Crippen LogP contribution >= 0.6 is 0 Å². The van der Waals surface area contributed by atoms with E-state index in [9.17, 15) is 18.0 Å². The lowest BCUT2D eigenvalue weighted by Gasteiger charge is -2.11. The third-order valence-electron chi connectivity index (χ3n) is 2.54. The summed E-state index contributed by atoms with van der Waals surface area (Å²) in [5.74, 6) is -2.20. The molecule has 0 fully saturated rings. The normalized spacial score (nSPS) is 10.8. The summed E-state index contributed by atoms with van der Waals surface area (Å²) in [6.07, 6.45) is -4.35. The van der Waals surface area contributed by atoms with Crippen molar-refractivity contribution in [3.8, 4) is 6.07 Å². The maximum atomic E-state index is 12.8. The summed E-state index contributed by atoms with van der Waals surface area (Å²) in [7, 11) is 0. The number of hydrogen-bond donors (Lipinski definition) is 2. The molecule has 1 heterocycles. The Balaban J connectivity index is 2.41. The highest BCUT2D eigenvalue weighted by Crippen LogP contribution is 2.31. The van der Waals surface area contributed by atoms with Gasteiger partial charge in [0.25, 0.3) is 0 Å². The van der Waals surface area contributed by atoms with Crippen molar-refractivity contribution in [1.82, 2.24) is 9.97 Å². The number of hydrogen-bond acceptors (Lipinski definition) is 5. The number of alkyl halides is 3. The largest absolute Gasteiger partial charge is 0.478 e. The maximum Gasteiger partial charge on any atom is 0.434 e. The van der Waals surface area contributed by atoms with Crippen molar-refractivity contribution in [2.24, 2.45) is 0 Å². The van der Waals surface area contributed by atoms with Crippen LogP contribution in [0.15, 0.2) is 30.5 Å². The summed E-state index contributed by atoms with van der Waals surface area (Å²) in [4.78, 5) is 17.5. The van der Waals surface area contributed by atoms with E-state index in [1.165, 1.54) is 24.3 Å². The third kappa shape index (κ3) is 3.29. The minimum absolute atomic E-state index is 0.295. The number of aromatic nitrogens is 2. The number of carboxylic acids is 1. The lowest BCUT2D eigenvalue weighted by atomic mass is 10.2. The van der Waals surface area contributed by atoms with E-state index in [-0.39, 0.29) is 0 Å². The van der Waals surface area contributed by atoms with Crippen molar-refractivity contribution in [1.29, 1.82) is 5.26 Å². The van der Waals surface area contributed by atoms with Gasteiger partial charge in [0.15, 0.2) is 5.69 Å². The second kappa shape index (κ2) is 5.69. The fraction of sp³-hybridized carbons (Fsp3) is 0.0769. The Morgan fingerprint density at radius 2 is 2.09 bits per heavy atom. The highest BCUT2D eigenvalue weighted by Gasteiger charge is 2.38. The van der Waals surface area contributed by atoms with E-state index in [1.807, 2.05) is 6.07 Å². The van der Waals surface area contributed by atoms with Crippen LogP contribution in [0.1, 0.15) is 21.6 Å². The number of anilines is 2. The van der Waals surface area contributed by atoms with Crippen molar-refractivity contribution < 1.29 is 23.1 Å². The lowest BCUT2D eigenvalue weighted by molar-refractivity contribution is -0.141. The average Bonchev–Trinajstić information content (AvgIpc) is 2.46. The van der Waals surface area contributed by atoms with Gasteiger partial charge in [-0.2, -0.15) is 18.4 Å². The average molecular weight is 308 g/mol. The Morgan fingerprint density at radius 3 is 2.68 bits per heavy atom. The number of nitrogens with one attached hydrogen (secondary N) is 1. The molecule has 2 N–H and O–H groups in total. The van der Waals surface area contributed by atoms with Gasteiger partial charge in [-0.25, -0.2) is 14.8 Å². The second-order valence-corrected chi connectivity index (χ2v) is 4.08. The predicted molar refractivity (Wildman–Crippen MR) is 68.4 cm³/mol. The standard InChI is InChI=1S/C13H7F3N4O2/c14-13(15,16)10-9(11(21)22)6-18-12(20-10)19-8-3-1-2-7(4-8)5-17/h1-4,6H,(H,21,22)(H,18,19,20). The van der Waals surface area contributed by atoms with Crippen LogP contribution in [0.2, 0.25) is 0 Å². The highest BCUT2D eigenvalue weighted by molar-refractivity contribution is 5.88. The molecule has 6 nitrogen and oxygen atoms in total. The van der Waals surface area contributed by atoms with Gasteiger partial charge in [0, 0.05) is 11.9 Å². The molecular weight excluding hydrogens is 301 g/mol. The van der Waals surface area contributed by atoms with E-state index in [1.54, 1.807) is 0 Å². The molecule has 0 aliphatic heterocycles. The van der Waals surface area contributed by atoms with Gasteiger partial charge in [-0.05, 0) is 18.2 Å². The van der Waals surface area contributed by atoms with Gasteiger partial charge >= 0.3 is 12.1 Å². The van der Waals surface area contributed by atoms with E-state index < -0.39 is 29.4 Å². The van der Waals surface area contributed by atoms with Gasteiger partial charge in [0.1, 0.15) is 5.56 Å². The monoisotopic (exact) mass is 308 g/mol. The van der Waals surface area contributed by atoms with Crippen LogP contribution < -0.4 is 5.32 Å². The molecule has 2 aromatic rings. The lowest BCUT2D eigenvalue weighted by Crippen LogP contribution is -2.17. The first kappa shape index (κ1) is 15.2. The number of nitriles is 1. The van der Waals surface area contributed by atoms with E-state index >= 15 is 0 Å². The molecule has 0 saturated heterocycles. The molecule has 0 bridgehead atoms. The van der Waals surface area contributed by atoms with Crippen LogP contribution in [0.25, 0.3) is 0 Å². The topological polar surface area (TPSA) is 98.9 Å². The summed E-state index contributed by atoms with van der Waals surface area (Å²) in [6, 6.07) is 7.81. The summed E-state index contributed by atoms with van der Waals surface area (Å²) < 4.78 is 38.5. The second-order valence-electron chi connectivity index (χ2n) is 4.08. The molecule has 0 unspecified atom stereocenters. The number of carbonyl (C=O) groups is 1. The molecule has 0 aliphatic carbocycles. The molecule has 112 valence electrons. The molecule has 0 spiro atoms. The third-order valence-corrected chi connectivity index (χ3v) is 2.54. The molecule has 0 aliphatic rings. The highest BCUT2D eigenvalue weighted by atomic mass is 19.4. The van der Waals surface area contributed by atoms with Crippen LogP contribution in [0, 0.1) is 11.3 Å². The number of carboxylic acid groups (broad SMARTS) is 1. The SMILES string of the molecule is N#Cc1cccc(Nc2ncc(C(=O)O)c(C(F)(F)F)n2)c1. The first-order chi connectivity index (χ1) is 10.3. The zero-order chi connectivity index (χ0) is 16.3. The molecular formula is C13H7F3N4O2. The first-order valence-electron chi connectivity index (χ1n) is 5.76. The van der Waals surface area contributed by atoms with Crippen molar-refractivity contribution in [3.63, 3.8) is 0 Å². The zero-order valence-electron chi connectivity index (χ0n) is 10.7. The molecule has 0 saturated carbocycles. The molecule has 0 radical (unpaired) electrons. The summed E-state index contributed by atoms with van der Waals surface area (Å²) in [6.45, 7) is 0. The van der Waals surface area contributed by atoms with Crippen molar-refractivity contribution in [3.05, 3.63) is 47.3 Å². The number of aromatic carboxylic acids is 1. The predicted octanol–water partition coefficient (Wildman–Crippen LogP) is 2.81. The van der Waals surface area contributed by atoms with Crippen molar-refractivity contribution >= 4 is 17.6 Å². The number of nitrogens with zero attached hydrogens (tertiary/aromatic N) is 3. The fourth-order valence-corrected chi connectivity index (χ4v) is 1.61. The number of benzene rings is 1. The number of halogens is 3. The van der Waals surface area contributed by atoms with Crippen LogP contribution in [0.4, 0.5) is 24.8 Å². The molecule has 22 heavy (non-hydrogen) atoms. The van der Waals surface area contributed by atoms with Gasteiger partial charge in [-0.3, -0.25) is 0 Å². The van der Waals surface area contributed by atoms with E-state index in [0.717, 1.165) is 0 Å². The van der Waals surface area contributed by atoms with E-state index in [4.69, 9.17) is 10.4 Å².